The zero-order valence-corrected chi connectivity index (χ0v) is 7.92. The van der Waals surface area contributed by atoms with Crippen LogP contribution in [0.3, 0.4) is 0 Å². The Morgan fingerprint density at radius 1 is 1.23 bits per heavy atom. The van der Waals surface area contributed by atoms with E-state index in [9.17, 15) is 9.59 Å². The van der Waals surface area contributed by atoms with E-state index in [1.807, 2.05) is 0 Å². The van der Waals surface area contributed by atoms with Gasteiger partial charge in [0.1, 0.15) is 5.57 Å². The van der Waals surface area contributed by atoms with Crippen LogP contribution in [-0.4, -0.2) is 17.7 Å². The normalized spacial score (nSPS) is 21.4. The lowest BCUT2D eigenvalue weighted by Crippen LogP contribution is -2.47. The monoisotopic (exact) mass is 184 g/mol. The fourth-order valence-corrected chi connectivity index (χ4v) is 0.831. The molecule has 4 nitrogen and oxygen atoms in total. The lowest BCUT2D eigenvalue weighted by atomic mass is 10.0. The first-order chi connectivity index (χ1) is 5.87. The third-order valence-corrected chi connectivity index (χ3v) is 2.13. The molecule has 0 spiro atoms. The van der Waals surface area contributed by atoms with Crippen LogP contribution in [0.25, 0.3) is 0 Å². The highest BCUT2D eigenvalue weighted by Crippen LogP contribution is 2.29. The summed E-state index contributed by atoms with van der Waals surface area (Å²) in [6.45, 7) is 8.41. The molecule has 0 unspecified atom stereocenters. The Morgan fingerprint density at radius 2 is 1.62 bits per heavy atom. The van der Waals surface area contributed by atoms with Crippen molar-refractivity contribution in [1.82, 2.24) is 0 Å². The lowest BCUT2D eigenvalue weighted by Gasteiger charge is -2.35. The van der Waals surface area contributed by atoms with Crippen molar-refractivity contribution in [3.05, 3.63) is 12.2 Å². The minimum atomic E-state index is -1.16. The first-order valence-corrected chi connectivity index (χ1v) is 4.02. The first kappa shape index (κ1) is 9.77. The lowest BCUT2D eigenvalue weighted by molar-refractivity contribution is -0.242. The summed E-state index contributed by atoms with van der Waals surface area (Å²) in [5.74, 6) is -2.65. The van der Waals surface area contributed by atoms with Crippen LogP contribution in [-0.2, 0) is 19.1 Å². The maximum atomic E-state index is 11.1. The molecular weight excluding hydrogens is 172 g/mol. The fourth-order valence-electron chi connectivity index (χ4n) is 0.831. The van der Waals surface area contributed by atoms with E-state index < -0.39 is 17.7 Å². The smallest absolute Gasteiger partial charge is 0.348 e. The van der Waals surface area contributed by atoms with Gasteiger partial charge < -0.3 is 9.47 Å². The van der Waals surface area contributed by atoms with Crippen molar-refractivity contribution in [2.24, 2.45) is 5.92 Å². The molecule has 0 amide bonds. The Morgan fingerprint density at radius 3 is 1.92 bits per heavy atom. The summed E-state index contributed by atoms with van der Waals surface area (Å²) in [6, 6.07) is 0. The molecular formula is C9H12O4. The highest BCUT2D eigenvalue weighted by molar-refractivity contribution is 6.14. The van der Waals surface area contributed by atoms with Gasteiger partial charge in [-0.05, 0) is 0 Å². The SMILES string of the molecule is C=C1C(=O)OC(C)(C(C)C)OC1=O. The minimum absolute atomic E-state index is 0.0894. The molecule has 0 radical (unpaired) electrons. The van der Waals surface area contributed by atoms with Gasteiger partial charge >= 0.3 is 11.9 Å². The number of ether oxygens (including phenoxy) is 2. The molecule has 0 saturated carbocycles. The molecule has 0 aliphatic carbocycles. The van der Waals surface area contributed by atoms with Crippen LogP contribution in [0.1, 0.15) is 20.8 Å². The highest BCUT2D eigenvalue weighted by Gasteiger charge is 2.43. The van der Waals surface area contributed by atoms with E-state index in [2.05, 4.69) is 6.58 Å². The van der Waals surface area contributed by atoms with Crippen LogP contribution in [0.4, 0.5) is 0 Å². The molecule has 4 heteroatoms. The van der Waals surface area contributed by atoms with Crippen LogP contribution in [0.5, 0.6) is 0 Å². The van der Waals surface area contributed by atoms with E-state index in [4.69, 9.17) is 9.47 Å². The molecule has 0 atom stereocenters. The molecule has 13 heavy (non-hydrogen) atoms. The summed E-state index contributed by atoms with van der Waals surface area (Å²) in [7, 11) is 0. The van der Waals surface area contributed by atoms with Crippen molar-refractivity contribution in [3.63, 3.8) is 0 Å². The number of carbonyl (C=O) groups is 2. The molecule has 1 fully saturated rings. The largest absolute Gasteiger partial charge is 0.419 e. The van der Waals surface area contributed by atoms with E-state index >= 15 is 0 Å². The van der Waals surface area contributed by atoms with Gasteiger partial charge in [-0.1, -0.05) is 20.4 Å². The van der Waals surface area contributed by atoms with Crippen molar-refractivity contribution in [3.8, 4) is 0 Å². The Balaban J connectivity index is 2.92. The van der Waals surface area contributed by atoms with E-state index in [1.54, 1.807) is 20.8 Å². The Labute approximate surface area is 76.5 Å². The molecule has 0 aromatic heterocycles. The molecule has 0 aromatic carbocycles. The van der Waals surface area contributed by atoms with Gasteiger partial charge in [0.15, 0.2) is 0 Å². The topological polar surface area (TPSA) is 52.6 Å². The second kappa shape index (κ2) is 2.87. The van der Waals surface area contributed by atoms with Crippen LogP contribution in [0.2, 0.25) is 0 Å². The first-order valence-electron chi connectivity index (χ1n) is 4.02. The average Bonchev–Trinajstić information content (AvgIpc) is 2.00. The molecule has 1 aliphatic rings. The highest BCUT2D eigenvalue weighted by atomic mass is 16.7. The average molecular weight is 184 g/mol. The summed E-state index contributed by atoms with van der Waals surface area (Å²) in [5.41, 5.74) is -0.252. The molecule has 1 rings (SSSR count). The van der Waals surface area contributed by atoms with Gasteiger partial charge in [0, 0.05) is 12.8 Å². The summed E-state index contributed by atoms with van der Waals surface area (Å²) >= 11 is 0. The summed E-state index contributed by atoms with van der Waals surface area (Å²) in [5, 5.41) is 0. The molecule has 0 N–H and O–H groups in total. The summed E-state index contributed by atoms with van der Waals surface area (Å²) < 4.78 is 9.87. The second-order valence-electron chi connectivity index (χ2n) is 3.43. The predicted molar refractivity (Wildman–Crippen MR) is 44.6 cm³/mol. The van der Waals surface area contributed by atoms with Gasteiger partial charge in [-0.3, -0.25) is 0 Å². The summed E-state index contributed by atoms with van der Waals surface area (Å²) in [4.78, 5) is 22.2. The van der Waals surface area contributed by atoms with Crippen molar-refractivity contribution < 1.29 is 19.1 Å². The van der Waals surface area contributed by atoms with E-state index in [1.165, 1.54) is 0 Å². The fraction of sp³-hybridized carbons (Fsp3) is 0.556. The van der Waals surface area contributed by atoms with E-state index in [0.717, 1.165) is 0 Å². The molecule has 72 valence electrons. The minimum Gasteiger partial charge on any atom is -0.419 e. The van der Waals surface area contributed by atoms with Crippen LogP contribution in [0.15, 0.2) is 12.2 Å². The van der Waals surface area contributed by atoms with Gasteiger partial charge in [-0.25, -0.2) is 9.59 Å². The van der Waals surface area contributed by atoms with Gasteiger partial charge in [-0.2, -0.15) is 0 Å². The quantitative estimate of drug-likeness (QED) is 0.347. The Hall–Kier alpha value is -1.32. The Kier molecular flexibility index (Phi) is 2.15. The standard InChI is InChI=1S/C9H12O4/c1-5(2)9(4)12-7(10)6(3)8(11)13-9/h5H,3H2,1-2,4H3. The zero-order valence-electron chi connectivity index (χ0n) is 7.92. The van der Waals surface area contributed by atoms with Crippen molar-refractivity contribution in [2.75, 3.05) is 0 Å². The van der Waals surface area contributed by atoms with Gasteiger partial charge in [0.2, 0.25) is 0 Å². The number of rotatable bonds is 1. The number of carbonyl (C=O) groups excluding carboxylic acids is 2. The van der Waals surface area contributed by atoms with Crippen molar-refractivity contribution >= 4 is 11.9 Å². The third-order valence-electron chi connectivity index (χ3n) is 2.13. The molecule has 0 bridgehead atoms. The number of hydrogen-bond donors (Lipinski definition) is 0. The van der Waals surface area contributed by atoms with Gasteiger partial charge in [0.05, 0.1) is 0 Å². The van der Waals surface area contributed by atoms with Crippen molar-refractivity contribution in [1.29, 1.82) is 0 Å². The maximum absolute atomic E-state index is 11.1. The van der Waals surface area contributed by atoms with Crippen LogP contribution in [0, 0.1) is 5.92 Å². The van der Waals surface area contributed by atoms with Crippen molar-refractivity contribution in [2.45, 2.75) is 26.6 Å². The second-order valence-corrected chi connectivity index (χ2v) is 3.43. The van der Waals surface area contributed by atoms with E-state index in [-0.39, 0.29) is 11.5 Å². The van der Waals surface area contributed by atoms with E-state index in [0.29, 0.717) is 0 Å². The number of cyclic esters (lactones) is 2. The number of esters is 2. The predicted octanol–water partition coefficient (Wildman–Crippen LogP) is 1.01. The molecule has 1 heterocycles. The van der Waals surface area contributed by atoms with Crippen LogP contribution >= 0.6 is 0 Å². The number of hydrogen-bond acceptors (Lipinski definition) is 4. The summed E-state index contributed by atoms with van der Waals surface area (Å²) in [6.07, 6.45) is 0. The van der Waals surface area contributed by atoms with Gasteiger partial charge in [0.25, 0.3) is 5.79 Å². The van der Waals surface area contributed by atoms with Crippen LogP contribution < -0.4 is 0 Å². The van der Waals surface area contributed by atoms with Gasteiger partial charge in [-0.15, -0.1) is 0 Å². The third kappa shape index (κ3) is 1.56. The maximum Gasteiger partial charge on any atom is 0.348 e. The molecule has 1 saturated heterocycles. The molecule has 0 aromatic rings. The Bertz CT molecular complexity index is 257. The zero-order chi connectivity index (χ0) is 10.2. The molecule has 1 aliphatic heterocycles.